The van der Waals surface area contributed by atoms with Crippen LogP contribution in [-0.4, -0.2) is 36.4 Å². The van der Waals surface area contributed by atoms with Gasteiger partial charge in [0, 0.05) is 20.0 Å². The second-order valence-corrected chi connectivity index (χ2v) is 7.14. The van der Waals surface area contributed by atoms with E-state index in [4.69, 9.17) is 27.9 Å². The molecule has 0 saturated heterocycles. The Morgan fingerprint density at radius 3 is 2.46 bits per heavy atom. The van der Waals surface area contributed by atoms with Crippen molar-refractivity contribution in [3.05, 3.63) is 64.1 Å². The lowest BCUT2D eigenvalue weighted by molar-refractivity contribution is -0.140. The Hall–Kier alpha value is -2.24. The molecule has 0 aliphatic carbocycles. The van der Waals surface area contributed by atoms with Gasteiger partial charge in [-0.05, 0) is 43.2 Å². The minimum Gasteiger partial charge on any atom is -0.494 e. The highest BCUT2D eigenvalue weighted by Crippen LogP contribution is 2.24. The maximum atomic E-state index is 12.8. The summed E-state index contributed by atoms with van der Waals surface area (Å²) in [6, 6.07) is 14.0. The fourth-order valence-electron chi connectivity index (χ4n) is 2.70. The molecule has 0 fully saturated rings. The topological polar surface area (TPSA) is 58.6 Å². The van der Waals surface area contributed by atoms with Gasteiger partial charge >= 0.3 is 0 Å². The van der Waals surface area contributed by atoms with Gasteiger partial charge in [-0.15, -0.1) is 0 Å². The van der Waals surface area contributed by atoms with Gasteiger partial charge in [0.1, 0.15) is 11.8 Å². The van der Waals surface area contributed by atoms with E-state index in [1.807, 2.05) is 30.3 Å². The van der Waals surface area contributed by atoms with E-state index in [-0.39, 0.29) is 24.8 Å². The number of rotatable bonds is 9. The second-order valence-electron chi connectivity index (χ2n) is 6.33. The molecule has 2 aromatic carbocycles. The Morgan fingerprint density at radius 2 is 1.82 bits per heavy atom. The number of nitrogens with zero attached hydrogens (tertiary/aromatic N) is 1. The third-order valence-corrected chi connectivity index (χ3v) is 5.04. The fourth-order valence-corrected chi connectivity index (χ4v) is 3.02. The van der Waals surface area contributed by atoms with E-state index < -0.39 is 6.04 Å². The van der Waals surface area contributed by atoms with E-state index in [1.165, 1.54) is 0 Å². The summed E-state index contributed by atoms with van der Waals surface area (Å²) in [5, 5.41) is 3.45. The van der Waals surface area contributed by atoms with E-state index in [9.17, 15) is 9.59 Å². The fraction of sp³-hybridized carbons (Fsp3) is 0.333. The third kappa shape index (κ3) is 6.43. The SMILES string of the molecule is CNC(=O)[C@H](C)N(Cc1ccc(Cl)c(Cl)c1)C(=O)CCCOc1ccccc1. The smallest absolute Gasteiger partial charge is 0.242 e. The van der Waals surface area contributed by atoms with E-state index in [1.54, 1.807) is 37.1 Å². The molecule has 0 saturated carbocycles. The first-order chi connectivity index (χ1) is 13.4. The number of likely N-dealkylation sites (N-methyl/N-ethyl adjacent to an activating group) is 1. The number of hydrogen-bond acceptors (Lipinski definition) is 3. The first kappa shape index (κ1) is 22.1. The van der Waals surface area contributed by atoms with Crippen molar-refractivity contribution in [1.29, 1.82) is 0 Å². The molecule has 1 N–H and O–H groups in total. The summed E-state index contributed by atoms with van der Waals surface area (Å²) < 4.78 is 5.63. The van der Waals surface area contributed by atoms with Gasteiger partial charge in [0.15, 0.2) is 0 Å². The third-order valence-electron chi connectivity index (χ3n) is 4.30. The predicted octanol–water partition coefficient (Wildman–Crippen LogP) is 4.32. The van der Waals surface area contributed by atoms with Crippen LogP contribution in [0.4, 0.5) is 0 Å². The van der Waals surface area contributed by atoms with Crippen molar-refractivity contribution in [3.8, 4) is 5.75 Å². The zero-order chi connectivity index (χ0) is 20.5. The zero-order valence-electron chi connectivity index (χ0n) is 16.0. The molecule has 0 heterocycles. The lowest BCUT2D eigenvalue weighted by Gasteiger charge is -2.28. The Labute approximate surface area is 175 Å². The van der Waals surface area contributed by atoms with Crippen LogP contribution in [0.5, 0.6) is 5.75 Å². The van der Waals surface area contributed by atoms with Crippen molar-refractivity contribution < 1.29 is 14.3 Å². The van der Waals surface area contributed by atoms with Crippen molar-refractivity contribution in [2.75, 3.05) is 13.7 Å². The van der Waals surface area contributed by atoms with Gasteiger partial charge in [-0.2, -0.15) is 0 Å². The van der Waals surface area contributed by atoms with Gasteiger partial charge < -0.3 is 15.0 Å². The molecule has 5 nitrogen and oxygen atoms in total. The predicted molar refractivity (Wildman–Crippen MR) is 112 cm³/mol. The Morgan fingerprint density at radius 1 is 1.11 bits per heavy atom. The van der Waals surface area contributed by atoms with Gasteiger partial charge in [-0.3, -0.25) is 9.59 Å². The molecule has 0 bridgehead atoms. The summed E-state index contributed by atoms with van der Waals surface area (Å²) in [5.41, 5.74) is 0.805. The average Bonchev–Trinajstić information content (AvgIpc) is 2.71. The van der Waals surface area contributed by atoms with Crippen LogP contribution < -0.4 is 10.1 Å². The quantitative estimate of drug-likeness (QED) is 0.612. The van der Waals surface area contributed by atoms with Crippen LogP contribution in [0.15, 0.2) is 48.5 Å². The highest BCUT2D eigenvalue weighted by Gasteiger charge is 2.25. The number of hydrogen-bond donors (Lipinski definition) is 1. The number of para-hydroxylation sites is 1. The minimum atomic E-state index is -0.609. The lowest BCUT2D eigenvalue weighted by Crippen LogP contribution is -2.46. The van der Waals surface area contributed by atoms with Gasteiger partial charge in [0.25, 0.3) is 0 Å². The molecule has 28 heavy (non-hydrogen) atoms. The number of ether oxygens (including phenoxy) is 1. The summed E-state index contributed by atoms with van der Waals surface area (Å²) >= 11 is 12.0. The highest BCUT2D eigenvalue weighted by molar-refractivity contribution is 6.42. The molecular weight excluding hydrogens is 399 g/mol. The molecule has 0 radical (unpaired) electrons. The molecule has 150 valence electrons. The van der Waals surface area contributed by atoms with Crippen LogP contribution >= 0.6 is 23.2 Å². The molecule has 2 aromatic rings. The highest BCUT2D eigenvalue weighted by atomic mass is 35.5. The van der Waals surface area contributed by atoms with Crippen molar-refractivity contribution in [2.45, 2.75) is 32.4 Å². The largest absolute Gasteiger partial charge is 0.494 e. The van der Waals surface area contributed by atoms with Crippen molar-refractivity contribution in [1.82, 2.24) is 10.2 Å². The molecule has 0 aromatic heterocycles. The Kier molecular flexibility index (Phi) is 8.61. The van der Waals surface area contributed by atoms with Crippen LogP contribution in [0, 0.1) is 0 Å². The Balaban J connectivity index is 1.99. The molecule has 2 rings (SSSR count). The number of halogens is 2. The van der Waals surface area contributed by atoms with E-state index in [0.29, 0.717) is 23.1 Å². The maximum absolute atomic E-state index is 12.8. The standard InChI is InChI=1S/C21H24Cl2N2O3/c1-15(21(27)24-2)25(14-16-10-11-18(22)19(23)13-16)20(26)9-6-12-28-17-7-4-3-5-8-17/h3-5,7-8,10-11,13,15H,6,9,12,14H2,1-2H3,(H,24,27)/t15-/m0/s1. The summed E-state index contributed by atoms with van der Waals surface area (Å²) in [6.07, 6.45) is 0.821. The van der Waals surface area contributed by atoms with Gasteiger partial charge in [0.2, 0.25) is 11.8 Å². The second kappa shape index (κ2) is 10.9. The molecule has 0 unspecified atom stereocenters. The summed E-state index contributed by atoms with van der Waals surface area (Å²) in [7, 11) is 1.55. The summed E-state index contributed by atoms with van der Waals surface area (Å²) in [6.45, 7) is 2.39. The van der Waals surface area contributed by atoms with Gasteiger partial charge in [-0.25, -0.2) is 0 Å². The maximum Gasteiger partial charge on any atom is 0.242 e. The van der Waals surface area contributed by atoms with E-state index >= 15 is 0 Å². The first-order valence-electron chi connectivity index (χ1n) is 9.05. The monoisotopic (exact) mass is 422 g/mol. The first-order valence-corrected chi connectivity index (χ1v) is 9.80. The Bertz CT molecular complexity index is 799. The molecule has 7 heteroatoms. The molecular formula is C21H24Cl2N2O3. The van der Waals surface area contributed by atoms with Crippen LogP contribution in [0.25, 0.3) is 0 Å². The van der Waals surface area contributed by atoms with E-state index in [2.05, 4.69) is 5.32 Å². The van der Waals surface area contributed by atoms with Crippen LogP contribution in [0.3, 0.4) is 0 Å². The molecule has 0 aliphatic heterocycles. The van der Waals surface area contributed by atoms with Gasteiger partial charge in [-0.1, -0.05) is 47.5 Å². The van der Waals surface area contributed by atoms with Gasteiger partial charge in [0.05, 0.1) is 16.7 Å². The lowest BCUT2D eigenvalue weighted by atomic mass is 10.1. The molecule has 0 aliphatic rings. The zero-order valence-corrected chi connectivity index (χ0v) is 17.5. The van der Waals surface area contributed by atoms with Crippen LogP contribution in [0.1, 0.15) is 25.3 Å². The summed E-state index contributed by atoms with van der Waals surface area (Å²) in [5.74, 6) is 0.411. The number of benzene rings is 2. The number of carbonyl (C=O) groups excluding carboxylic acids is 2. The van der Waals surface area contributed by atoms with Crippen molar-refractivity contribution in [3.63, 3.8) is 0 Å². The molecule has 2 amide bonds. The normalized spacial score (nSPS) is 11.6. The average molecular weight is 423 g/mol. The van der Waals surface area contributed by atoms with Crippen LogP contribution in [0.2, 0.25) is 10.0 Å². The van der Waals surface area contributed by atoms with Crippen molar-refractivity contribution in [2.24, 2.45) is 0 Å². The molecule has 1 atom stereocenters. The van der Waals surface area contributed by atoms with E-state index in [0.717, 1.165) is 11.3 Å². The number of carbonyl (C=O) groups is 2. The number of nitrogens with one attached hydrogen (secondary N) is 1. The van der Waals surface area contributed by atoms with Crippen molar-refractivity contribution >= 4 is 35.0 Å². The molecule has 0 spiro atoms. The van der Waals surface area contributed by atoms with Crippen LogP contribution in [-0.2, 0) is 16.1 Å². The summed E-state index contributed by atoms with van der Waals surface area (Å²) in [4.78, 5) is 26.5. The number of amides is 2. The minimum absolute atomic E-state index is 0.126.